The average Bonchev–Trinajstić information content (AvgIpc) is 2.70. The van der Waals surface area contributed by atoms with Crippen molar-refractivity contribution in [3.8, 4) is 5.75 Å². The molecule has 5 nitrogen and oxygen atoms in total. The van der Waals surface area contributed by atoms with Gasteiger partial charge in [-0.3, -0.25) is 9.69 Å². The molecule has 1 aliphatic heterocycles. The molecule has 0 aromatic heterocycles. The molecule has 1 heterocycles. The first-order valence-corrected chi connectivity index (χ1v) is 9.13. The Hall–Kier alpha value is -2.44. The van der Waals surface area contributed by atoms with Crippen LogP contribution in [0.25, 0.3) is 0 Å². The van der Waals surface area contributed by atoms with Gasteiger partial charge < -0.3 is 14.8 Å². The van der Waals surface area contributed by atoms with Crippen molar-refractivity contribution in [3.05, 3.63) is 65.5 Å². The monoisotopic (exact) mass is 372 g/mol. The van der Waals surface area contributed by atoms with Crippen LogP contribution < -0.4 is 10.1 Å². The van der Waals surface area contributed by atoms with E-state index in [-0.39, 0.29) is 24.1 Å². The van der Waals surface area contributed by atoms with Gasteiger partial charge >= 0.3 is 0 Å². The molecule has 1 saturated heterocycles. The average molecular weight is 372 g/mol. The van der Waals surface area contributed by atoms with Gasteiger partial charge in [0.05, 0.1) is 32.8 Å². The van der Waals surface area contributed by atoms with E-state index in [1.54, 1.807) is 12.1 Å². The van der Waals surface area contributed by atoms with Crippen molar-refractivity contribution in [2.45, 2.75) is 12.5 Å². The van der Waals surface area contributed by atoms with E-state index in [1.165, 1.54) is 13.2 Å². The molecule has 6 heteroatoms. The molecule has 0 bridgehead atoms. The predicted molar refractivity (Wildman–Crippen MR) is 101 cm³/mol. The Morgan fingerprint density at radius 1 is 1.22 bits per heavy atom. The van der Waals surface area contributed by atoms with Crippen LogP contribution in [0.3, 0.4) is 0 Å². The van der Waals surface area contributed by atoms with Crippen LogP contribution in [0.4, 0.5) is 4.39 Å². The van der Waals surface area contributed by atoms with Gasteiger partial charge in [-0.05, 0) is 23.3 Å². The zero-order valence-corrected chi connectivity index (χ0v) is 15.5. The van der Waals surface area contributed by atoms with Gasteiger partial charge in [0.1, 0.15) is 0 Å². The number of carbonyl (C=O) groups excluding carboxylic acids is 1. The molecule has 0 spiro atoms. The minimum absolute atomic E-state index is 0.0895. The predicted octanol–water partition coefficient (Wildman–Crippen LogP) is 2.57. The lowest BCUT2D eigenvalue weighted by molar-refractivity contribution is -0.120. The highest BCUT2D eigenvalue weighted by Gasteiger charge is 2.23. The second-order valence-corrected chi connectivity index (χ2v) is 6.52. The maximum Gasteiger partial charge on any atom is 0.224 e. The third-order valence-electron chi connectivity index (χ3n) is 4.74. The third kappa shape index (κ3) is 5.28. The van der Waals surface area contributed by atoms with E-state index in [2.05, 4.69) is 22.3 Å². The first-order valence-electron chi connectivity index (χ1n) is 9.13. The Balaban J connectivity index is 1.62. The number of hydrogen-bond donors (Lipinski definition) is 1. The zero-order valence-electron chi connectivity index (χ0n) is 15.5. The molecule has 0 radical (unpaired) electrons. The Morgan fingerprint density at radius 2 is 1.96 bits per heavy atom. The van der Waals surface area contributed by atoms with Crippen LogP contribution in [0, 0.1) is 5.82 Å². The molecule has 1 aliphatic rings. The first-order chi connectivity index (χ1) is 13.2. The summed E-state index contributed by atoms with van der Waals surface area (Å²) in [6.07, 6.45) is 0.130. The molecule has 1 unspecified atom stereocenters. The molecule has 27 heavy (non-hydrogen) atoms. The van der Waals surface area contributed by atoms with Gasteiger partial charge in [-0.1, -0.05) is 36.4 Å². The molecule has 2 aromatic carbocycles. The van der Waals surface area contributed by atoms with E-state index in [0.717, 1.165) is 18.7 Å². The summed E-state index contributed by atoms with van der Waals surface area (Å²) in [5, 5.41) is 3.00. The topological polar surface area (TPSA) is 50.8 Å². The summed E-state index contributed by atoms with van der Waals surface area (Å²) in [7, 11) is 1.42. The van der Waals surface area contributed by atoms with Crippen molar-refractivity contribution in [1.29, 1.82) is 0 Å². The van der Waals surface area contributed by atoms with Crippen LogP contribution in [-0.2, 0) is 16.0 Å². The molecule has 2 aromatic rings. The molecule has 1 atom stereocenters. The number of nitrogens with one attached hydrogen (secondary N) is 1. The molecule has 1 N–H and O–H groups in total. The van der Waals surface area contributed by atoms with E-state index in [0.29, 0.717) is 25.3 Å². The molecular weight excluding hydrogens is 347 g/mol. The number of amides is 1. The minimum atomic E-state index is -0.460. The van der Waals surface area contributed by atoms with Crippen molar-refractivity contribution in [2.75, 3.05) is 40.0 Å². The van der Waals surface area contributed by atoms with E-state index < -0.39 is 5.82 Å². The fourth-order valence-corrected chi connectivity index (χ4v) is 3.30. The van der Waals surface area contributed by atoms with E-state index in [9.17, 15) is 9.18 Å². The van der Waals surface area contributed by atoms with Crippen molar-refractivity contribution in [2.24, 2.45) is 0 Å². The second-order valence-electron chi connectivity index (χ2n) is 6.52. The minimum Gasteiger partial charge on any atom is -0.494 e. The van der Waals surface area contributed by atoms with Crippen LogP contribution in [-0.4, -0.2) is 50.8 Å². The molecule has 0 aliphatic carbocycles. The Labute approximate surface area is 159 Å². The Kier molecular flexibility index (Phi) is 6.79. The van der Waals surface area contributed by atoms with Gasteiger partial charge in [0, 0.05) is 19.6 Å². The van der Waals surface area contributed by atoms with E-state index in [1.807, 2.05) is 18.2 Å². The van der Waals surface area contributed by atoms with Gasteiger partial charge in [-0.25, -0.2) is 4.39 Å². The highest BCUT2D eigenvalue weighted by atomic mass is 19.1. The fourth-order valence-electron chi connectivity index (χ4n) is 3.30. The molecule has 1 amide bonds. The maximum atomic E-state index is 13.8. The van der Waals surface area contributed by atoms with Crippen LogP contribution in [0.15, 0.2) is 48.5 Å². The Bertz CT molecular complexity index is 748. The molecule has 3 rings (SSSR count). The summed E-state index contributed by atoms with van der Waals surface area (Å²) in [5.74, 6) is -0.414. The van der Waals surface area contributed by atoms with Crippen LogP contribution in [0.2, 0.25) is 0 Å². The summed E-state index contributed by atoms with van der Waals surface area (Å²) in [6, 6.07) is 14.8. The summed E-state index contributed by atoms with van der Waals surface area (Å²) >= 11 is 0. The van der Waals surface area contributed by atoms with Gasteiger partial charge in [0.15, 0.2) is 11.6 Å². The SMILES string of the molecule is COc1ccc(CC(=O)NCC(c2ccccc2)N2CCOCC2)cc1F. The van der Waals surface area contributed by atoms with Crippen molar-refractivity contribution < 1.29 is 18.7 Å². The van der Waals surface area contributed by atoms with Gasteiger partial charge in [0.2, 0.25) is 5.91 Å². The molecule has 0 saturated carbocycles. The quantitative estimate of drug-likeness (QED) is 0.812. The number of benzene rings is 2. The summed E-state index contributed by atoms with van der Waals surface area (Å²) in [6.45, 7) is 3.56. The first kappa shape index (κ1) is 19.3. The number of methoxy groups -OCH3 is 1. The van der Waals surface area contributed by atoms with Crippen molar-refractivity contribution in [3.63, 3.8) is 0 Å². The van der Waals surface area contributed by atoms with Crippen LogP contribution in [0.5, 0.6) is 5.75 Å². The van der Waals surface area contributed by atoms with Crippen LogP contribution >= 0.6 is 0 Å². The molecule has 1 fully saturated rings. The summed E-state index contributed by atoms with van der Waals surface area (Å²) in [5.41, 5.74) is 1.78. The van der Waals surface area contributed by atoms with Crippen molar-refractivity contribution in [1.82, 2.24) is 10.2 Å². The number of rotatable bonds is 7. The highest BCUT2D eigenvalue weighted by Crippen LogP contribution is 2.21. The standard InChI is InChI=1S/C21H25FN2O3/c1-26-20-8-7-16(13-18(20)22)14-21(25)23-15-19(17-5-3-2-4-6-17)24-9-11-27-12-10-24/h2-8,13,19H,9-12,14-15H2,1H3,(H,23,25). The lowest BCUT2D eigenvalue weighted by Gasteiger charge is -2.35. The Morgan fingerprint density at radius 3 is 2.63 bits per heavy atom. The lowest BCUT2D eigenvalue weighted by atomic mass is 10.0. The number of halogens is 1. The lowest BCUT2D eigenvalue weighted by Crippen LogP contribution is -2.44. The molecular formula is C21H25FN2O3. The van der Waals surface area contributed by atoms with Gasteiger partial charge in [-0.2, -0.15) is 0 Å². The number of ether oxygens (including phenoxy) is 2. The third-order valence-corrected chi connectivity index (χ3v) is 4.74. The smallest absolute Gasteiger partial charge is 0.224 e. The number of hydrogen-bond acceptors (Lipinski definition) is 4. The number of nitrogens with zero attached hydrogens (tertiary/aromatic N) is 1. The van der Waals surface area contributed by atoms with E-state index in [4.69, 9.17) is 9.47 Å². The second kappa shape index (κ2) is 9.48. The largest absolute Gasteiger partial charge is 0.494 e. The zero-order chi connectivity index (χ0) is 19.1. The summed E-state index contributed by atoms with van der Waals surface area (Å²) < 4.78 is 24.2. The normalized spacial score (nSPS) is 15.9. The summed E-state index contributed by atoms with van der Waals surface area (Å²) in [4.78, 5) is 14.7. The van der Waals surface area contributed by atoms with Crippen molar-refractivity contribution >= 4 is 5.91 Å². The van der Waals surface area contributed by atoms with Gasteiger partial charge in [-0.15, -0.1) is 0 Å². The number of morpholine rings is 1. The highest BCUT2D eigenvalue weighted by molar-refractivity contribution is 5.78. The molecule has 144 valence electrons. The van der Waals surface area contributed by atoms with Crippen LogP contribution in [0.1, 0.15) is 17.2 Å². The van der Waals surface area contributed by atoms with Gasteiger partial charge in [0.25, 0.3) is 0 Å². The van der Waals surface area contributed by atoms with E-state index >= 15 is 0 Å². The fraction of sp³-hybridized carbons (Fsp3) is 0.381. The number of carbonyl (C=O) groups is 1. The maximum absolute atomic E-state index is 13.8.